The van der Waals surface area contributed by atoms with Gasteiger partial charge < -0.3 is 14.9 Å². The lowest BCUT2D eigenvalue weighted by molar-refractivity contribution is 0.282. The lowest BCUT2D eigenvalue weighted by Crippen LogP contribution is -2.13. The first-order chi connectivity index (χ1) is 24.9. The summed E-state index contributed by atoms with van der Waals surface area (Å²) in [5.74, 6) is 0.472. The summed E-state index contributed by atoms with van der Waals surface area (Å²) in [6.45, 7) is 8.99. The number of anilines is 6. The molecule has 51 heavy (non-hydrogen) atoms. The van der Waals surface area contributed by atoms with Crippen LogP contribution < -0.4 is 9.80 Å². The molecular formula is C46H44N2OS2. The van der Waals surface area contributed by atoms with Crippen LogP contribution in [0.5, 0.6) is 0 Å². The van der Waals surface area contributed by atoms with Gasteiger partial charge in [-0.3, -0.25) is 0 Å². The van der Waals surface area contributed by atoms with E-state index in [1.54, 1.807) is 0 Å². The Balaban J connectivity index is 1.36. The molecule has 1 N–H and O–H groups in total. The number of rotatable bonds is 9. The molecule has 0 bridgehead atoms. The van der Waals surface area contributed by atoms with Crippen LogP contribution in [0.1, 0.15) is 66.0 Å². The van der Waals surface area contributed by atoms with Crippen LogP contribution in [0, 0.1) is 13.8 Å². The topological polar surface area (TPSA) is 26.7 Å². The summed E-state index contributed by atoms with van der Waals surface area (Å²) in [5.41, 5.74) is 12.4. The van der Waals surface area contributed by atoms with Gasteiger partial charge in [-0.05, 0) is 116 Å². The highest BCUT2D eigenvalue weighted by molar-refractivity contribution is 7.27. The third kappa shape index (κ3) is 6.29. The van der Waals surface area contributed by atoms with Crippen LogP contribution in [-0.4, -0.2) is 5.11 Å². The lowest BCUT2D eigenvalue weighted by Gasteiger charge is -2.28. The van der Waals surface area contributed by atoms with Crippen LogP contribution in [0.4, 0.5) is 32.8 Å². The fourth-order valence-electron chi connectivity index (χ4n) is 7.50. The Morgan fingerprint density at radius 1 is 0.608 bits per heavy atom. The van der Waals surface area contributed by atoms with Crippen molar-refractivity contribution in [2.45, 2.75) is 65.9 Å². The molecule has 2 aromatic heterocycles. The van der Waals surface area contributed by atoms with Crippen molar-refractivity contribution in [3.8, 4) is 9.75 Å². The maximum Gasteiger partial charge on any atom is 0.109 e. The summed E-state index contributed by atoms with van der Waals surface area (Å²) in [7, 11) is 0. The number of benzene rings is 5. The van der Waals surface area contributed by atoms with Crippen LogP contribution in [0.2, 0.25) is 0 Å². The highest BCUT2D eigenvalue weighted by atomic mass is 32.1. The molecule has 0 spiro atoms. The third-order valence-corrected chi connectivity index (χ3v) is 13.0. The SMILES string of the molecule is CCc1ccc(N(c2ccc(C)cc2)c2sc(-c3sc(N(c4ccc(C)cc4)c4ccc(CO)cc4)c4ccccc34)c3c2CCCC3C)cc1. The molecule has 0 amide bonds. The average Bonchev–Trinajstić information content (AvgIpc) is 3.74. The molecule has 8 rings (SSSR count). The van der Waals surface area contributed by atoms with E-state index < -0.39 is 0 Å². The molecule has 0 radical (unpaired) electrons. The van der Waals surface area contributed by atoms with Crippen LogP contribution in [0.15, 0.2) is 121 Å². The van der Waals surface area contributed by atoms with Gasteiger partial charge in [-0.1, -0.05) is 97.8 Å². The van der Waals surface area contributed by atoms with E-state index in [2.05, 4.69) is 147 Å². The smallest absolute Gasteiger partial charge is 0.109 e. The predicted molar refractivity (Wildman–Crippen MR) is 221 cm³/mol. The molecular weight excluding hydrogens is 661 g/mol. The molecule has 2 heterocycles. The number of hydrogen-bond donors (Lipinski definition) is 1. The first-order valence-electron chi connectivity index (χ1n) is 18.1. The Labute approximate surface area is 310 Å². The second-order valence-electron chi connectivity index (χ2n) is 13.9. The van der Waals surface area contributed by atoms with Crippen LogP contribution in [-0.2, 0) is 19.4 Å². The van der Waals surface area contributed by atoms with E-state index in [1.165, 1.54) is 82.6 Å². The van der Waals surface area contributed by atoms with Crippen LogP contribution >= 0.6 is 22.7 Å². The molecule has 0 saturated carbocycles. The van der Waals surface area contributed by atoms with Crippen molar-refractivity contribution in [3.05, 3.63) is 155 Å². The molecule has 3 nitrogen and oxygen atoms in total. The van der Waals surface area contributed by atoms with Crippen molar-refractivity contribution in [1.29, 1.82) is 0 Å². The van der Waals surface area contributed by atoms with Gasteiger partial charge in [0.25, 0.3) is 0 Å². The summed E-state index contributed by atoms with van der Waals surface area (Å²) < 4.78 is 0. The van der Waals surface area contributed by atoms with Gasteiger partial charge in [-0.15, -0.1) is 22.7 Å². The first kappa shape index (κ1) is 33.5. The molecule has 0 fully saturated rings. The number of aliphatic hydroxyl groups excluding tert-OH is 1. The zero-order chi connectivity index (χ0) is 35.1. The maximum absolute atomic E-state index is 9.83. The van der Waals surface area contributed by atoms with Crippen LogP contribution in [0.25, 0.3) is 20.5 Å². The fourth-order valence-corrected chi connectivity index (χ4v) is 10.5. The second-order valence-corrected chi connectivity index (χ2v) is 15.9. The summed E-state index contributed by atoms with van der Waals surface area (Å²) >= 11 is 3.88. The first-order valence-corrected chi connectivity index (χ1v) is 19.8. The quantitative estimate of drug-likeness (QED) is 0.162. The predicted octanol–water partition coefficient (Wildman–Crippen LogP) is 13.7. The highest BCUT2D eigenvalue weighted by Crippen LogP contribution is 2.57. The van der Waals surface area contributed by atoms with Gasteiger partial charge in [-0.25, -0.2) is 0 Å². The molecule has 1 unspecified atom stereocenters. The normalized spacial score (nSPS) is 14.1. The molecule has 7 aromatic rings. The van der Waals surface area contributed by atoms with E-state index in [0.29, 0.717) is 5.92 Å². The summed E-state index contributed by atoms with van der Waals surface area (Å²) in [4.78, 5) is 7.66. The number of aliphatic hydroxyl groups is 1. The molecule has 1 atom stereocenters. The standard InChI is InChI=1S/C46H44N2OS2/c1-5-33-17-25-37(26-18-33)48(36-23-15-31(3)16-24-36)46-41-12-8-9-32(4)42(41)44(51-46)43-39-10-6-7-11-40(39)45(50-43)47(35-21-13-30(2)14-22-35)38-27-19-34(29-49)20-28-38/h6-7,10-11,13-28,32,49H,5,8-9,12,29H2,1-4H3. The Morgan fingerprint density at radius 2 is 1.10 bits per heavy atom. The molecule has 5 aromatic carbocycles. The van der Waals surface area contributed by atoms with Gasteiger partial charge >= 0.3 is 0 Å². The Morgan fingerprint density at radius 3 is 1.65 bits per heavy atom. The number of hydrogen-bond acceptors (Lipinski definition) is 5. The van der Waals surface area contributed by atoms with Crippen molar-refractivity contribution in [2.24, 2.45) is 0 Å². The lowest BCUT2D eigenvalue weighted by atomic mass is 9.84. The van der Waals surface area contributed by atoms with E-state index >= 15 is 0 Å². The van der Waals surface area contributed by atoms with Gasteiger partial charge in [0, 0.05) is 33.5 Å². The third-order valence-electron chi connectivity index (χ3n) is 10.4. The second kappa shape index (κ2) is 14.1. The van der Waals surface area contributed by atoms with Crippen molar-refractivity contribution < 1.29 is 5.11 Å². The van der Waals surface area contributed by atoms with Crippen molar-refractivity contribution in [2.75, 3.05) is 9.80 Å². The average molecular weight is 705 g/mol. The number of aryl methyl sites for hydroxylation is 3. The van der Waals surface area contributed by atoms with Gasteiger partial charge in [0.1, 0.15) is 10.0 Å². The van der Waals surface area contributed by atoms with Crippen molar-refractivity contribution in [3.63, 3.8) is 0 Å². The van der Waals surface area contributed by atoms with Crippen molar-refractivity contribution >= 4 is 66.2 Å². The van der Waals surface area contributed by atoms with Gasteiger partial charge in [-0.2, -0.15) is 0 Å². The number of fused-ring (bicyclic) bond motifs is 2. The molecule has 1 aliphatic carbocycles. The number of nitrogens with zero attached hydrogens (tertiary/aromatic N) is 2. The molecule has 5 heteroatoms. The van der Waals surface area contributed by atoms with Crippen molar-refractivity contribution in [1.82, 2.24) is 0 Å². The zero-order valence-electron chi connectivity index (χ0n) is 29.8. The maximum atomic E-state index is 9.83. The van der Waals surface area contributed by atoms with E-state index in [1.807, 2.05) is 34.8 Å². The minimum absolute atomic E-state index is 0.0310. The van der Waals surface area contributed by atoms with E-state index in [4.69, 9.17) is 0 Å². The minimum Gasteiger partial charge on any atom is -0.392 e. The Hall–Kier alpha value is -4.68. The van der Waals surface area contributed by atoms with Gasteiger partial charge in [0.2, 0.25) is 0 Å². The van der Waals surface area contributed by atoms with Gasteiger partial charge in [0.15, 0.2) is 0 Å². The summed E-state index contributed by atoms with van der Waals surface area (Å²) in [5, 5.41) is 14.9. The van der Waals surface area contributed by atoms with E-state index in [0.717, 1.165) is 29.8 Å². The molecule has 1 aliphatic rings. The molecule has 0 aliphatic heterocycles. The Kier molecular flexibility index (Phi) is 9.28. The molecule has 256 valence electrons. The van der Waals surface area contributed by atoms with Gasteiger partial charge in [0.05, 0.1) is 16.4 Å². The fraction of sp³-hybridized carbons (Fsp3) is 0.217. The highest BCUT2D eigenvalue weighted by Gasteiger charge is 2.32. The molecule has 0 saturated heterocycles. The Bertz CT molecular complexity index is 2280. The summed E-state index contributed by atoms with van der Waals surface area (Å²) in [6, 6.07) is 44.3. The zero-order valence-corrected chi connectivity index (χ0v) is 31.5. The minimum atomic E-state index is 0.0310. The number of thiophene rings is 2. The monoisotopic (exact) mass is 704 g/mol. The van der Waals surface area contributed by atoms with E-state index in [9.17, 15) is 5.11 Å². The summed E-state index contributed by atoms with van der Waals surface area (Å²) in [6.07, 6.45) is 4.52. The van der Waals surface area contributed by atoms with E-state index in [-0.39, 0.29) is 6.61 Å². The largest absolute Gasteiger partial charge is 0.392 e. The van der Waals surface area contributed by atoms with Crippen LogP contribution in [0.3, 0.4) is 0 Å².